The molecule has 3 nitrogen and oxygen atoms in total. The lowest BCUT2D eigenvalue weighted by atomic mass is 10.2. The molecule has 1 aromatic carbocycles. The fourth-order valence-electron chi connectivity index (χ4n) is 1.02. The number of nitrogens with one attached hydrogen (secondary N) is 1. The average molecular weight is 211 g/mol. The molecular weight excluding hydrogens is 198 g/mol. The predicted octanol–water partition coefficient (Wildman–Crippen LogP) is 2.29. The number of benzene rings is 1. The zero-order valence-electron chi connectivity index (χ0n) is 8.15. The minimum absolute atomic E-state index is 0.563. The summed E-state index contributed by atoms with van der Waals surface area (Å²) in [5, 5.41) is 11.6. The smallest absolute Gasteiger partial charge is 0.325 e. The molecule has 0 spiro atoms. The van der Waals surface area contributed by atoms with Gasteiger partial charge >= 0.3 is 5.97 Å². The van der Waals surface area contributed by atoms with Gasteiger partial charge in [-0.15, -0.1) is 11.8 Å². The predicted molar refractivity (Wildman–Crippen MR) is 58.9 cm³/mol. The number of carbonyl (C=O) groups is 1. The third-order valence-corrected chi connectivity index (χ3v) is 2.55. The molecule has 0 saturated heterocycles. The Morgan fingerprint density at radius 3 is 2.86 bits per heavy atom. The van der Waals surface area contributed by atoms with Crippen LogP contribution in [0.2, 0.25) is 0 Å². The fraction of sp³-hybridized carbons (Fsp3) is 0.300. The van der Waals surface area contributed by atoms with Crippen molar-refractivity contribution in [2.45, 2.75) is 17.9 Å². The zero-order valence-corrected chi connectivity index (χ0v) is 8.97. The van der Waals surface area contributed by atoms with Crippen molar-refractivity contribution in [2.24, 2.45) is 0 Å². The number of aliphatic carboxylic acids is 1. The Bertz CT molecular complexity index is 328. The Balaban J connectivity index is 2.71. The number of hydrogen-bond acceptors (Lipinski definition) is 3. The highest BCUT2D eigenvalue weighted by atomic mass is 32.2. The van der Waals surface area contributed by atoms with Gasteiger partial charge in [-0.05, 0) is 31.4 Å². The lowest BCUT2D eigenvalue weighted by molar-refractivity contribution is -0.137. The third-order valence-electron chi connectivity index (χ3n) is 1.82. The molecule has 1 aromatic rings. The van der Waals surface area contributed by atoms with Crippen LogP contribution in [0.3, 0.4) is 0 Å². The van der Waals surface area contributed by atoms with Gasteiger partial charge in [-0.25, -0.2) is 0 Å². The molecule has 1 rings (SSSR count). The van der Waals surface area contributed by atoms with E-state index in [1.165, 1.54) is 0 Å². The monoisotopic (exact) mass is 211 g/mol. The summed E-state index contributed by atoms with van der Waals surface area (Å²) in [6.45, 7) is 1.62. The number of anilines is 1. The number of carboxylic acids is 1. The Morgan fingerprint density at radius 1 is 1.57 bits per heavy atom. The summed E-state index contributed by atoms with van der Waals surface area (Å²) in [5.41, 5.74) is 0.840. The van der Waals surface area contributed by atoms with Crippen LogP contribution in [-0.2, 0) is 4.79 Å². The minimum Gasteiger partial charge on any atom is -0.480 e. The molecule has 1 unspecified atom stereocenters. The van der Waals surface area contributed by atoms with Crippen LogP contribution >= 0.6 is 11.8 Å². The van der Waals surface area contributed by atoms with E-state index < -0.39 is 12.0 Å². The lowest BCUT2D eigenvalue weighted by Gasteiger charge is -2.11. The van der Waals surface area contributed by atoms with Crippen LogP contribution in [0.4, 0.5) is 5.69 Å². The second kappa shape index (κ2) is 4.91. The van der Waals surface area contributed by atoms with Crippen LogP contribution in [0.1, 0.15) is 6.92 Å². The Kier molecular flexibility index (Phi) is 3.83. The highest BCUT2D eigenvalue weighted by Gasteiger charge is 2.09. The zero-order chi connectivity index (χ0) is 10.6. The second-order valence-corrected chi connectivity index (χ2v) is 3.82. The van der Waals surface area contributed by atoms with Crippen molar-refractivity contribution in [2.75, 3.05) is 11.6 Å². The fourth-order valence-corrected chi connectivity index (χ4v) is 1.48. The van der Waals surface area contributed by atoms with E-state index in [1.54, 1.807) is 18.7 Å². The molecule has 4 heteroatoms. The van der Waals surface area contributed by atoms with Crippen molar-refractivity contribution >= 4 is 23.4 Å². The first-order valence-electron chi connectivity index (χ1n) is 4.27. The Labute approximate surface area is 87.5 Å². The second-order valence-electron chi connectivity index (χ2n) is 2.94. The number of thioether (sulfide) groups is 1. The normalized spacial score (nSPS) is 12.1. The molecule has 0 bridgehead atoms. The Hall–Kier alpha value is -1.16. The minimum atomic E-state index is -0.848. The van der Waals surface area contributed by atoms with Crippen molar-refractivity contribution in [1.82, 2.24) is 0 Å². The molecule has 1 atom stereocenters. The summed E-state index contributed by atoms with van der Waals surface area (Å²) in [7, 11) is 0. The van der Waals surface area contributed by atoms with Crippen LogP contribution < -0.4 is 5.32 Å². The molecule has 0 fully saturated rings. The number of hydrogen-bond donors (Lipinski definition) is 2. The van der Waals surface area contributed by atoms with Gasteiger partial charge in [0.15, 0.2) is 0 Å². The van der Waals surface area contributed by atoms with Gasteiger partial charge in [0.1, 0.15) is 6.04 Å². The first-order valence-corrected chi connectivity index (χ1v) is 5.49. The van der Waals surface area contributed by atoms with E-state index in [-0.39, 0.29) is 0 Å². The molecule has 0 aliphatic rings. The summed E-state index contributed by atoms with van der Waals surface area (Å²) >= 11 is 1.63. The summed E-state index contributed by atoms with van der Waals surface area (Å²) in [4.78, 5) is 11.7. The largest absolute Gasteiger partial charge is 0.480 e. The van der Waals surface area contributed by atoms with Crippen molar-refractivity contribution < 1.29 is 9.90 Å². The maximum absolute atomic E-state index is 10.6. The van der Waals surface area contributed by atoms with E-state index in [1.807, 2.05) is 30.5 Å². The van der Waals surface area contributed by atoms with Crippen molar-refractivity contribution in [3.05, 3.63) is 24.3 Å². The van der Waals surface area contributed by atoms with Gasteiger partial charge < -0.3 is 10.4 Å². The van der Waals surface area contributed by atoms with Crippen LogP contribution in [-0.4, -0.2) is 23.4 Å². The average Bonchev–Trinajstić information content (AvgIpc) is 2.18. The maximum atomic E-state index is 10.6. The van der Waals surface area contributed by atoms with Gasteiger partial charge in [0.25, 0.3) is 0 Å². The van der Waals surface area contributed by atoms with E-state index in [9.17, 15) is 4.79 Å². The van der Waals surface area contributed by atoms with Crippen LogP contribution in [0.15, 0.2) is 29.2 Å². The topological polar surface area (TPSA) is 49.3 Å². The van der Waals surface area contributed by atoms with E-state index in [0.717, 1.165) is 10.6 Å². The lowest BCUT2D eigenvalue weighted by Crippen LogP contribution is -2.25. The standard InChI is InChI=1S/C10H13NO2S/c1-7(10(12)13)11-8-4-3-5-9(6-8)14-2/h3-7,11H,1-2H3,(H,12,13). The molecule has 0 radical (unpaired) electrons. The van der Waals surface area contributed by atoms with Gasteiger partial charge in [0.05, 0.1) is 0 Å². The van der Waals surface area contributed by atoms with E-state index in [0.29, 0.717) is 0 Å². The molecule has 76 valence electrons. The first-order chi connectivity index (χ1) is 6.63. The quantitative estimate of drug-likeness (QED) is 0.750. The molecule has 0 aliphatic heterocycles. The molecule has 0 saturated carbocycles. The van der Waals surface area contributed by atoms with E-state index in [2.05, 4.69) is 5.32 Å². The summed E-state index contributed by atoms with van der Waals surface area (Å²) in [6, 6.07) is 7.12. The van der Waals surface area contributed by atoms with Crippen molar-refractivity contribution in [1.29, 1.82) is 0 Å². The molecule has 0 heterocycles. The summed E-state index contributed by atoms with van der Waals surface area (Å²) in [5.74, 6) is -0.848. The molecule has 0 aromatic heterocycles. The van der Waals surface area contributed by atoms with Gasteiger partial charge in [-0.2, -0.15) is 0 Å². The molecular formula is C10H13NO2S. The number of carboxylic acid groups (broad SMARTS) is 1. The summed E-state index contributed by atoms with van der Waals surface area (Å²) in [6.07, 6.45) is 1.99. The van der Waals surface area contributed by atoms with Crippen LogP contribution in [0.25, 0.3) is 0 Å². The molecule has 0 amide bonds. The molecule has 2 N–H and O–H groups in total. The maximum Gasteiger partial charge on any atom is 0.325 e. The van der Waals surface area contributed by atoms with Gasteiger partial charge in [0.2, 0.25) is 0 Å². The first kappa shape index (κ1) is 10.9. The highest BCUT2D eigenvalue weighted by Crippen LogP contribution is 2.19. The van der Waals surface area contributed by atoms with Crippen molar-refractivity contribution in [3.63, 3.8) is 0 Å². The van der Waals surface area contributed by atoms with Crippen molar-refractivity contribution in [3.8, 4) is 0 Å². The summed E-state index contributed by atoms with van der Waals surface area (Å²) < 4.78 is 0. The highest BCUT2D eigenvalue weighted by molar-refractivity contribution is 7.98. The van der Waals surface area contributed by atoms with Gasteiger partial charge in [0, 0.05) is 10.6 Å². The third kappa shape index (κ3) is 2.96. The van der Waals surface area contributed by atoms with E-state index in [4.69, 9.17) is 5.11 Å². The van der Waals surface area contributed by atoms with Crippen LogP contribution in [0, 0.1) is 0 Å². The SMILES string of the molecule is CSc1cccc(NC(C)C(=O)O)c1. The van der Waals surface area contributed by atoms with E-state index >= 15 is 0 Å². The molecule has 14 heavy (non-hydrogen) atoms. The van der Waals surface area contributed by atoms with Gasteiger partial charge in [-0.1, -0.05) is 6.07 Å². The molecule has 0 aliphatic carbocycles. The van der Waals surface area contributed by atoms with Crippen LogP contribution in [0.5, 0.6) is 0 Å². The van der Waals surface area contributed by atoms with Gasteiger partial charge in [-0.3, -0.25) is 4.79 Å². The number of rotatable bonds is 4. The Morgan fingerprint density at radius 2 is 2.29 bits per heavy atom.